The first kappa shape index (κ1) is 14.2. The Morgan fingerprint density at radius 3 is 2.47 bits per heavy atom. The molecule has 0 saturated carbocycles. The fourth-order valence-electron chi connectivity index (χ4n) is 1.84. The van der Waals surface area contributed by atoms with E-state index in [2.05, 4.69) is 9.80 Å². The molecule has 1 saturated heterocycles. The smallest absolute Gasteiger partial charge is 0.142 e. The first-order valence-corrected chi connectivity index (χ1v) is 6.57. The predicted molar refractivity (Wildman–Crippen MR) is 74.3 cm³/mol. The van der Waals surface area contributed by atoms with Crippen LogP contribution in [0.3, 0.4) is 0 Å². The second kappa shape index (κ2) is 6.32. The Kier molecular flexibility index (Phi) is 4.74. The van der Waals surface area contributed by atoms with Gasteiger partial charge in [-0.1, -0.05) is 0 Å². The van der Waals surface area contributed by atoms with E-state index >= 15 is 0 Å². The fraction of sp³-hybridized carbons (Fsp3) is 0.643. The summed E-state index contributed by atoms with van der Waals surface area (Å²) in [4.78, 5) is 8.91. The monoisotopic (exact) mass is 265 g/mol. The molecule has 1 aromatic rings. The molecular weight excluding hydrogens is 242 g/mol. The van der Waals surface area contributed by atoms with Crippen molar-refractivity contribution in [2.24, 2.45) is 0 Å². The van der Waals surface area contributed by atoms with E-state index < -0.39 is 0 Å². The van der Waals surface area contributed by atoms with Gasteiger partial charge >= 0.3 is 0 Å². The van der Waals surface area contributed by atoms with Crippen molar-refractivity contribution in [1.82, 2.24) is 14.8 Å². The second-order valence-electron chi connectivity index (χ2n) is 5.49. The summed E-state index contributed by atoms with van der Waals surface area (Å²) in [7, 11) is 8.16. The molecule has 2 heterocycles. The van der Waals surface area contributed by atoms with Gasteiger partial charge in [0.25, 0.3) is 0 Å². The van der Waals surface area contributed by atoms with Gasteiger partial charge < -0.3 is 19.3 Å². The highest BCUT2D eigenvalue weighted by Gasteiger charge is 2.23. The number of rotatable bonds is 7. The van der Waals surface area contributed by atoms with Crippen molar-refractivity contribution in [2.45, 2.75) is 19.2 Å². The maximum absolute atomic E-state index is 5.79. The number of hydrogen-bond donors (Lipinski definition) is 0. The molecular formula is C14H23N3O2. The second-order valence-corrected chi connectivity index (χ2v) is 5.49. The Hall–Kier alpha value is -1.17. The standard InChI is InChI=1S/C14H23N3O2/c1-16(2)7-11-5-6-14(19-10-12-9-18-12)13(15-11)8-17(3)4/h5-6,12H,7-10H2,1-4H3/t12-/m0/s1. The SMILES string of the molecule is CN(C)Cc1ccc(OC[C@@H]2CO2)c(CN(C)C)n1. The molecule has 1 atom stereocenters. The molecule has 0 N–H and O–H groups in total. The van der Waals surface area contributed by atoms with Crippen molar-refractivity contribution in [1.29, 1.82) is 0 Å². The lowest BCUT2D eigenvalue weighted by molar-refractivity contribution is 0.256. The van der Waals surface area contributed by atoms with Gasteiger partial charge in [-0.05, 0) is 40.3 Å². The minimum atomic E-state index is 0.272. The molecule has 1 aliphatic heterocycles. The minimum Gasteiger partial charge on any atom is -0.489 e. The molecule has 5 nitrogen and oxygen atoms in total. The third-order valence-corrected chi connectivity index (χ3v) is 2.76. The zero-order valence-corrected chi connectivity index (χ0v) is 12.2. The Balaban J connectivity index is 2.09. The van der Waals surface area contributed by atoms with Crippen molar-refractivity contribution in [3.05, 3.63) is 23.5 Å². The normalized spacial score (nSPS) is 18.1. The largest absolute Gasteiger partial charge is 0.489 e. The maximum atomic E-state index is 5.79. The Morgan fingerprint density at radius 2 is 1.89 bits per heavy atom. The van der Waals surface area contributed by atoms with Gasteiger partial charge in [-0.15, -0.1) is 0 Å². The fourth-order valence-corrected chi connectivity index (χ4v) is 1.84. The summed E-state index contributed by atoms with van der Waals surface area (Å²) in [5.41, 5.74) is 2.06. The quantitative estimate of drug-likeness (QED) is 0.688. The van der Waals surface area contributed by atoms with Gasteiger partial charge in [0.05, 0.1) is 18.0 Å². The number of ether oxygens (including phenoxy) is 2. The molecule has 0 unspecified atom stereocenters. The van der Waals surface area contributed by atoms with Gasteiger partial charge in [0.15, 0.2) is 0 Å². The van der Waals surface area contributed by atoms with Crippen LogP contribution in [0.25, 0.3) is 0 Å². The predicted octanol–water partition coefficient (Wildman–Crippen LogP) is 0.982. The number of pyridine rings is 1. The van der Waals surface area contributed by atoms with Gasteiger partial charge in [-0.3, -0.25) is 4.98 Å². The van der Waals surface area contributed by atoms with Crippen molar-refractivity contribution >= 4 is 0 Å². The van der Waals surface area contributed by atoms with Crippen molar-refractivity contribution < 1.29 is 9.47 Å². The molecule has 0 amide bonds. The third kappa shape index (κ3) is 4.78. The van der Waals surface area contributed by atoms with Gasteiger partial charge in [-0.25, -0.2) is 0 Å². The number of nitrogens with zero attached hydrogens (tertiary/aromatic N) is 3. The summed E-state index contributed by atoms with van der Waals surface area (Å²) < 4.78 is 11.0. The van der Waals surface area contributed by atoms with E-state index in [9.17, 15) is 0 Å². The lowest BCUT2D eigenvalue weighted by atomic mass is 10.2. The maximum Gasteiger partial charge on any atom is 0.142 e. The highest BCUT2D eigenvalue weighted by molar-refractivity contribution is 5.29. The van der Waals surface area contributed by atoms with Crippen molar-refractivity contribution in [3.8, 4) is 5.75 Å². The molecule has 1 fully saturated rings. The van der Waals surface area contributed by atoms with Crippen LogP contribution in [0.4, 0.5) is 0 Å². The highest BCUT2D eigenvalue weighted by Crippen LogP contribution is 2.21. The summed E-state index contributed by atoms with van der Waals surface area (Å²) in [6, 6.07) is 4.05. The molecule has 0 bridgehead atoms. The van der Waals surface area contributed by atoms with E-state index in [1.807, 2.05) is 40.3 Å². The average Bonchev–Trinajstić information content (AvgIpc) is 3.10. The first-order valence-electron chi connectivity index (χ1n) is 6.57. The van der Waals surface area contributed by atoms with E-state index in [1.54, 1.807) is 0 Å². The lowest BCUT2D eigenvalue weighted by Gasteiger charge is -2.16. The van der Waals surface area contributed by atoms with Crippen LogP contribution >= 0.6 is 0 Å². The molecule has 2 rings (SSSR count). The Bertz CT molecular complexity index is 417. The third-order valence-electron chi connectivity index (χ3n) is 2.76. The zero-order valence-electron chi connectivity index (χ0n) is 12.2. The van der Waals surface area contributed by atoms with Crippen LogP contribution in [0.2, 0.25) is 0 Å². The summed E-state index contributed by atoms with van der Waals surface area (Å²) in [5.74, 6) is 0.867. The molecule has 0 aliphatic carbocycles. The average molecular weight is 265 g/mol. The Labute approximate surface area is 115 Å². The van der Waals surface area contributed by atoms with Crippen LogP contribution in [0.5, 0.6) is 5.75 Å². The minimum absolute atomic E-state index is 0.272. The van der Waals surface area contributed by atoms with Crippen LogP contribution in [-0.4, -0.2) is 62.3 Å². The van der Waals surface area contributed by atoms with Gasteiger partial charge in [0, 0.05) is 13.1 Å². The van der Waals surface area contributed by atoms with Gasteiger partial charge in [-0.2, -0.15) is 0 Å². The van der Waals surface area contributed by atoms with E-state index in [1.165, 1.54) is 0 Å². The van der Waals surface area contributed by atoms with Crippen LogP contribution in [0.1, 0.15) is 11.4 Å². The van der Waals surface area contributed by atoms with Crippen LogP contribution in [-0.2, 0) is 17.8 Å². The Morgan fingerprint density at radius 1 is 1.21 bits per heavy atom. The summed E-state index contributed by atoms with van der Waals surface area (Å²) in [5, 5.41) is 0. The summed E-state index contributed by atoms with van der Waals surface area (Å²) >= 11 is 0. The molecule has 0 spiro atoms. The van der Waals surface area contributed by atoms with E-state index in [0.717, 1.165) is 36.8 Å². The number of hydrogen-bond acceptors (Lipinski definition) is 5. The zero-order chi connectivity index (χ0) is 13.8. The van der Waals surface area contributed by atoms with Crippen LogP contribution < -0.4 is 4.74 Å². The molecule has 0 radical (unpaired) electrons. The molecule has 1 aliphatic rings. The van der Waals surface area contributed by atoms with Crippen molar-refractivity contribution in [2.75, 3.05) is 41.4 Å². The molecule has 1 aromatic heterocycles. The molecule has 19 heavy (non-hydrogen) atoms. The first-order chi connectivity index (χ1) is 9.04. The van der Waals surface area contributed by atoms with Gasteiger partial charge in [0.2, 0.25) is 0 Å². The summed E-state index contributed by atoms with van der Waals surface area (Å²) in [6.07, 6.45) is 0.272. The lowest BCUT2D eigenvalue weighted by Crippen LogP contribution is -2.17. The van der Waals surface area contributed by atoms with E-state index in [0.29, 0.717) is 6.61 Å². The van der Waals surface area contributed by atoms with Crippen molar-refractivity contribution in [3.63, 3.8) is 0 Å². The topological polar surface area (TPSA) is 41.1 Å². The van der Waals surface area contributed by atoms with E-state index in [-0.39, 0.29) is 6.10 Å². The molecule has 5 heteroatoms. The molecule has 0 aromatic carbocycles. The summed E-state index contributed by atoms with van der Waals surface area (Å²) in [6.45, 7) is 3.05. The number of epoxide rings is 1. The van der Waals surface area contributed by atoms with Crippen LogP contribution in [0, 0.1) is 0 Å². The van der Waals surface area contributed by atoms with E-state index in [4.69, 9.17) is 14.5 Å². The molecule has 106 valence electrons. The van der Waals surface area contributed by atoms with Crippen LogP contribution in [0.15, 0.2) is 12.1 Å². The number of aromatic nitrogens is 1. The highest BCUT2D eigenvalue weighted by atomic mass is 16.6. The van der Waals surface area contributed by atoms with Gasteiger partial charge in [0.1, 0.15) is 18.5 Å².